The van der Waals surface area contributed by atoms with E-state index in [1.54, 1.807) is 0 Å². The third-order valence-electron chi connectivity index (χ3n) is 1.69. The van der Waals surface area contributed by atoms with Gasteiger partial charge >= 0.3 is 0 Å². The summed E-state index contributed by atoms with van der Waals surface area (Å²) in [7, 11) is 0. The average molecular weight is 263 g/mol. The summed E-state index contributed by atoms with van der Waals surface area (Å²) >= 11 is 0. The highest BCUT2D eigenvalue weighted by molar-refractivity contribution is 4.50. The van der Waals surface area contributed by atoms with Gasteiger partial charge in [0.1, 0.15) is 0 Å². The molecule has 1 fully saturated rings. The Morgan fingerprint density at radius 2 is 0.611 bits per heavy atom. The van der Waals surface area contributed by atoms with Crippen LogP contribution in [-0.2, 0) is 0 Å². The maximum Gasteiger partial charge on any atom is -0.0448 e. The van der Waals surface area contributed by atoms with Crippen LogP contribution in [0.4, 0.5) is 0 Å². The van der Waals surface area contributed by atoms with Crippen molar-refractivity contribution in [3.8, 4) is 0 Å². The second kappa shape index (κ2) is 30.2. The molecule has 1 aliphatic rings. The molecule has 0 spiro atoms. The zero-order chi connectivity index (χ0) is 14.9. The van der Waals surface area contributed by atoms with Crippen molar-refractivity contribution in [1.82, 2.24) is 0 Å². The Bertz CT molecular complexity index is 66.5. The van der Waals surface area contributed by atoms with Crippen molar-refractivity contribution < 1.29 is 0 Å². The van der Waals surface area contributed by atoms with E-state index in [9.17, 15) is 0 Å². The average Bonchev–Trinajstić information content (AvgIpc) is 3.10. The molecule has 1 aliphatic carbocycles. The number of hydrogen-bond acceptors (Lipinski definition) is 0. The van der Waals surface area contributed by atoms with Gasteiger partial charge in [-0.05, 0) is 17.8 Å². The third kappa shape index (κ3) is 144. The molecule has 0 heterocycles. The van der Waals surface area contributed by atoms with E-state index in [4.69, 9.17) is 0 Å². The Morgan fingerprint density at radius 3 is 0.611 bits per heavy atom. The maximum absolute atomic E-state index is 2.24. The smallest absolute Gasteiger partial charge is 0.0448 e. The van der Waals surface area contributed by atoms with Gasteiger partial charge in [-0.15, -0.1) is 0 Å². The summed E-state index contributed by atoms with van der Waals surface area (Å²) in [5.74, 6) is 2.54. The van der Waals surface area contributed by atoms with Crippen molar-refractivity contribution in [2.45, 2.75) is 103 Å². The topological polar surface area (TPSA) is 0 Å². The molecule has 118 valence electrons. The lowest BCUT2D eigenvalue weighted by Crippen LogP contribution is -1.95. The molecule has 0 saturated heterocycles. The van der Waals surface area contributed by atoms with Crippen molar-refractivity contribution in [2.75, 3.05) is 0 Å². The van der Waals surface area contributed by atoms with E-state index >= 15 is 0 Å². The van der Waals surface area contributed by atoms with Crippen molar-refractivity contribution in [2.24, 2.45) is 17.8 Å². The molecule has 0 aromatic rings. The summed E-state index contributed by atoms with van der Waals surface area (Å²) < 4.78 is 0. The molecule has 0 heteroatoms. The molecule has 0 N–H and O–H groups in total. The van der Waals surface area contributed by atoms with Gasteiger partial charge in [-0.25, -0.2) is 0 Å². The standard InChI is InChI=1S/C6H14.C4H10.C3H6.2C2H6.CH4/c1-5(2)6(3)4;1-4(2)3;1-2-3-1;2*1-2;/h5-6H,1-4H3;4H,1-3H3;1-3H2;2*1-2H3;1H4. The zero-order valence-corrected chi connectivity index (χ0v) is 14.9. The lowest BCUT2D eigenvalue weighted by atomic mass is 10.0. The minimum absolute atomic E-state index is 0. The van der Waals surface area contributed by atoms with Gasteiger partial charge in [0.2, 0.25) is 0 Å². The third-order valence-corrected chi connectivity index (χ3v) is 1.69. The molecular formula is C18H46. The SMILES string of the molecule is C.C1CC1.CC.CC.CC(C)C.CC(C)C(C)C. The molecule has 0 atom stereocenters. The molecule has 0 unspecified atom stereocenters. The molecule has 0 nitrogen and oxygen atoms in total. The fourth-order valence-electron chi connectivity index (χ4n) is 0. The summed E-state index contributed by atoms with van der Waals surface area (Å²) in [6.07, 6.45) is 4.50. The zero-order valence-electron chi connectivity index (χ0n) is 14.9. The van der Waals surface area contributed by atoms with Crippen LogP contribution in [0.1, 0.15) is 103 Å². The van der Waals surface area contributed by atoms with E-state index in [1.807, 2.05) is 27.7 Å². The summed E-state index contributed by atoms with van der Waals surface area (Å²) in [4.78, 5) is 0. The maximum atomic E-state index is 2.24. The molecule has 0 aliphatic heterocycles. The monoisotopic (exact) mass is 262 g/mol. The predicted octanol–water partition coefficient (Wildman–Crippen LogP) is 7.82. The van der Waals surface area contributed by atoms with Crippen LogP contribution >= 0.6 is 0 Å². The molecular weight excluding hydrogens is 216 g/mol. The van der Waals surface area contributed by atoms with Crippen molar-refractivity contribution in [1.29, 1.82) is 0 Å². The fourth-order valence-corrected chi connectivity index (χ4v) is 0. The van der Waals surface area contributed by atoms with E-state index in [1.165, 1.54) is 19.3 Å². The van der Waals surface area contributed by atoms with Crippen LogP contribution in [0, 0.1) is 17.8 Å². The largest absolute Gasteiger partial charge is 0.0776 e. The molecule has 1 rings (SSSR count). The van der Waals surface area contributed by atoms with Crippen molar-refractivity contribution >= 4 is 0 Å². The van der Waals surface area contributed by atoms with Gasteiger partial charge in [0, 0.05) is 0 Å². The fraction of sp³-hybridized carbons (Fsp3) is 1.00. The molecule has 1 saturated carbocycles. The number of hydrogen-bond donors (Lipinski definition) is 0. The van der Waals surface area contributed by atoms with Gasteiger partial charge in [0.25, 0.3) is 0 Å². The van der Waals surface area contributed by atoms with Gasteiger partial charge < -0.3 is 0 Å². The molecule has 0 aromatic carbocycles. The first-order valence-corrected chi connectivity index (χ1v) is 7.87. The minimum atomic E-state index is 0. The van der Waals surface area contributed by atoms with E-state index in [0.29, 0.717) is 0 Å². The Balaban J connectivity index is -0.0000000414. The quantitative estimate of drug-likeness (QED) is 0.452. The van der Waals surface area contributed by atoms with Gasteiger partial charge in [-0.1, -0.05) is 103 Å². The Kier molecular flexibility index (Phi) is 51.7. The Morgan fingerprint density at radius 1 is 0.500 bits per heavy atom. The van der Waals surface area contributed by atoms with Crippen molar-refractivity contribution in [3.63, 3.8) is 0 Å². The lowest BCUT2D eigenvalue weighted by Gasteiger charge is -2.05. The second-order valence-electron chi connectivity index (χ2n) is 5.28. The van der Waals surface area contributed by atoms with E-state index in [0.717, 1.165) is 17.8 Å². The van der Waals surface area contributed by atoms with Crippen LogP contribution in [0.25, 0.3) is 0 Å². The molecule has 0 amide bonds. The van der Waals surface area contributed by atoms with Crippen LogP contribution < -0.4 is 0 Å². The Hall–Kier alpha value is 0. The highest BCUT2D eigenvalue weighted by Gasteiger charge is 1.95. The van der Waals surface area contributed by atoms with Gasteiger partial charge in [0.15, 0.2) is 0 Å². The molecule has 0 radical (unpaired) electrons. The normalized spacial score (nSPS) is 10.3. The number of rotatable bonds is 1. The first kappa shape index (κ1) is 30.8. The molecule has 18 heavy (non-hydrogen) atoms. The Labute approximate surface area is 121 Å². The van der Waals surface area contributed by atoms with Crippen LogP contribution in [0.2, 0.25) is 0 Å². The highest BCUT2D eigenvalue weighted by Crippen LogP contribution is 2.14. The highest BCUT2D eigenvalue weighted by atomic mass is 14.0. The van der Waals surface area contributed by atoms with Crippen LogP contribution in [0.3, 0.4) is 0 Å². The van der Waals surface area contributed by atoms with E-state index in [-0.39, 0.29) is 7.43 Å². The summed E-state index contributed by atoms with van der Waals surface area (Å²) in [6, 6.07) is 0. The van der Waals surface area contributed by atoms with E-state index in [2.05, 4.69) is 48.5 Å². The first-order valence-electron chi connectivity index (χ1n) is 7.87. The minimum Gasteiger partial charge on any atom is -0.0776 e. The van der Waals surface area contributed by atoms with Crippen LogP contribution in [0.5, 0.6) is 0 Å². The van der Waals surface area contributed by atoms with Crippen LogP contribution in [0.15, 0.2) is 0 Å². The predicted molar refractivity (Wildman–Crippen MR) is 93.5 cm³/mol. The van der Waals surface area contributed by atoms with Gasteiger partial charge in [-0.3, -0.25) is 0 Å². The van der Waals surface area contributed by atoms with Crippen LogP contribution in [-0.4, -0.2) is 0 Å². The lowest BCUT2D eigenvalue weighted by molar-refractivity contribution is 0.457. The summed E-state index contributed by atoms with van der Waals surface area (Å²) in [6.45, 7) is 23.5. The second-order valence-corrected chi connectivity index (χ2v) is 5.28. The molecule has 0 bridgehead atoms. The van der Waals surface area contributed by atoms with Crippen molar-refractivity contribution in [3.05, 3.63) is 0 Å². The first-order chi connectivity index (χ1) is 7.87. The van der Waals surface area contributed by atoms with E-state index < -0.39 is 0 Å². The van der Waals surface area contributed by atoms with Gasteiger partial charge in [-0.2, -0.15) is 0 Å². The summed E-state index contributed by atoms with van der Waals surface area (Å²) in [5.41, 5.74) is 0. The molecule has 0 aromatic heterocycles. The van der Waals surface area contributed by atoms with Gasteiger partial charge in [0.05, 0.1) is 0 Å². The summed E-state index contributed by atoms with van der Waals surface area (Å²) in [5, 5.41) is 0.